The summed E-state index contributed by atoms with van der Waals surface area (Å²) in [5.41, 5.74) is 1.44. The largest absolute Gasteiger partial charge is 0.445 e. The zero-order valence-corrected chi connectivity index (χ0v) is 12.7. The Morgan fingerprint density at radius 2 is 2.17 bits per heavy atom. The van der Waals surface area contributed by atoms with Crippen LogP contribution in [-0.4, -0.2) is 20.4 Å². The first-order valence-corrected chi connectivity index (χ1v) is 7.54. The van der Waals surface area contributed by atoms with Gasteiger partial charge in [-0.3, -0.25) is 14.5 Å². The van der Waals surface area contributed by atoms with Gasteiger partial charge in [-0.2, -0.15) is 0 Å². The Labute approximate surface area is 134 Å². The van der Waals surface area contributed by atoms with E-state index in [0.717, 1.165) is 10.5 Å². The number of fused-ring (bicyclic) bond motifs is 1. The van der Waals surface area contributed by atoms with E-state index in [1.165, 1.54) is 23.5 Å². The van der Waals surface area contributed by atoms with Crippen molar-refractivity contribution in [3.8, 4) is 0 Å². The van der Waals surface area contributed by atoms with E-state index in [1.54, 1.807) is 18.5 Å². The number of aromatic nitrogens is 2. The lowest BCUT2D eigenvalue weighted by atomic mass is 10.2. The highest BCUT2D eigenvalue weighted by molar-refractivity contribution is 7.15. The summed E-state index contributed by atoms with van der Waals surface area (Å²) in [6, 6.07) is 5.84. The summed E-state index contributed by atoms with van der Waals surface area (Å²) in [7, 11) is 0. The van der Waals surface area contributed by atoms with Crippen LogP contribution < -0.4 is 5.32 Å². The van der Waals surface area contributed by atoms with E-state index in [4.69, 9.17) is 4.74 Å². The molecule has 0 saturated heterocycles. The Balaban J connectivity index is 1.49. The molecule has 1 aromatic carbocycles. The highest BCUT2D eigenvalue weighted by Crippen LogP contribution is 2.16. The molecular weight excluding hydrogens is 320 g/mol. The minimum atomic E-state index is -0.568. The van der Waals surface area contributed by atoms with Gasteiger partial charge in [0.25, 0.3) is 5.69 Å². The predicted octanol–water partition coefficient (Wildman–Crippen LogP) is 2.73. The Bertz CT molecular complexity index is 840. The number of benzene rings is 1. The summed E-state index contributed by atoms with van der Waals surface area (Å²) >= 11 is 1.54. The maximum absolute atomic E-state index is 11.7. The second-order valence-electron chi connectivity index (χ2n) is 4.66. The van der Waals surface area contributed by atoms with Crippen LogP contribution in [0.3, 0.4) is 0 Å². The number of nitrogens with zero attached hydrogens (tertiary/aromatic N) is 3. The molecule has 0 aliphatic heterocycles. The summed E-state index contributed by atoms with van der Waals surface area (Å²) in [5.74, 6) is 0. The SMILES string of the molecule is O=C(NCc1ncn2ccsc12)OCc1ccc([N+](=O)[O-])cc1. The van der Waals surface area contributed by atoms with Gasteiger partial charge >= 0.3 is 6.09 Å². The molecular formula is C14H12N4O4S. The normalized spacial score (nSPS) is 10.6. The number of nitro groups is 1. The first kappa shape index (κ1) is 15.0. The van der Waals surface area contributed by atoms with E-state index in [9.17, 15) is 14.9 Å². The van der Waals surface area contributed by atoms with Crippen molar-refractivity contribution in [2.75, 3.05) is 0 Å². The Kier molecular flexibility index (Phi) is 4.20. The lowest BCUT2D eigenvalue weighted by Gasteiger charge is -2.06. The van der Waals surface area contributed by atoms with Gasteiger partial charge < -0.3 is 10.1 Å². The van der Waals surface area contributed by atoms with E-state index in [2.05, 4.69) is 10.3 Å². The minimum absolute atomic E-state index is 0.00190. The maximum Gasteiger partial charge on any atom is 0.407 e. The quantitative estimate of drug-likeness (QED) is 0.572. The van der Waals surface area contributed by atoms with Crippen LogP contribution in [0.25, 0.3) is 4.83 Å². The zero-order chi connectivity index (χ0) is 16.2. The van der Waals surface area contributed by atoms with E-state index >= 15 is 0 Å². The third-order valence-electron chi connectivity index (χ3n) is 3.14. The topological polar surface area (TPSA) is 98.8 Å². The summed E-state index contributed by atoms with van der Waals surface area (Å²) in [6.07, 6.45) is 3.01. The molecule has 8 nitrogen and oxygen atoms in total. The molecule has 0 aliphatic rings. The van der Waals surface area contributed by atoms with Gasteiger partial charge in [-0.05, 0) is 17.7 Å². The van der Waals surface area contributed by atoms with Crippen molar-refractivity contribution in [2.45, 2.75) is 13.2 Å². The number of thiazole rings is 1. The third-order valence-corrected chi connectivity index (χ3v) is 4.07. The molecule has 2 heterocycles. The average molecular weight is 332 g/mol. The van der Waals surface area contributed by atoms with Crippen molar-refractivity contribution in [2.24, 2.45) is 0 Å². The first-order valence-electron chi connectivity index (χ1n) is 6.66. The molecule has 0 atom stereocenters. The fourth-order valence-corrected chi connectivity index (χ4v) is 2.79. The molecule has 0 fully saturated rings. The summed E-state index contributed by atoms with van der Waals surface area (Å²) in [4.78, 5) is 26.9. The number of rotatable bonds is 5. The number of carbonyl (C=O) groups excluding carboxylic acids is 1. The minimum Gasteiger partial charge on any atom is -0.445 e. The van der Waals surface area contributed by atoms with Crippen LogP contribution in [0.1, 0.15) is 11.3 Å². The number of non-ortho nitro benzene ring substituents is 1. The van der Waals surface area contributed by atoms with Crippen molar-refractivity contribution < 1.29 is 14.5 Å². The molecule has 9 heteroatoms. The monoisotopic (exact) mass is 332 g/mol. The van der Waals surface area contributed by atoms with Crippen molar-refractivity contribution in [1.82, 2.24) is 14.7 Å². The smallest absolute Gasteiger partial charge is 0.407 e. The van der Waals surface area contributed by atoms with Crippen molar-refractivity contribution in [3.05, 3.63) is 63.5 Å². The van der Waals surface area contributed by atoms with Gasteiger partial charge in [0.2, 0.25) is 0 Å². The van der Waals surface area contributed by atoms with Gasteiger partial charge in [-0.25, -0.2) is 9.78 Å². The fraction of sp³-hybridized carbons (Fsp3) is 0.143. The highest BCUT2D eigenvalue weighted by Gasteiger charge is 2.09. The van der Waals surface area contributed by atoms with Gasteiger partial charge in [-0.15, -0.1) is 11.3 Å². The Morgan fingerprint density at radius 1 is 1.39 bits per heavy atom. The molecule has 2 aromatic heterocycles. The van der Waals surface area contributed by atoms with E-state index < -0.39 is 11.0 Å². The maximum atomic E-state index is 11.7. The molecule has 0 unspecified atom stereocenters. The molecule has 3 rings (SSSR count). The number of ether oxygens (including phenoxy) is 1. The lowest BCUT2D eigenvalue weighted by Crippen LogP contribution is -2.23. The number of amides is 1. The summed E-state index contributed by atoms with van der Waals surface area (Å²) in [6.45, 7) is 0.317. The Hall–Kier alpha value is -2.94. The van der Waals surface area contributed by atoms with Gasteiger partial charge in [0.1, 0.15) is 17.8 Å². The van der Waals surface area contributed by atoms with Crippen LogP contribution >= 0.6 is 11.3 Å². The number of nitro benzene ring substituents is 1. The van der Waals surface area contributed by atoms with Crippen LogP contribution in [0.5, 0.6) is 0 Å². The fourth-order valence-electron chi connectivity index (χ4n) is 1.98. The van der Waals surface area contributed by atoms with Crippen LogP contribution in [0.4, 0.5) is 10.5 Å². The summed E-state index contributed by atoms with van der Waals surface area (Å²) in [5, 5.41) is 15.1. The molecule has 0 spiro atoms. The number of hydrogen-bond acceptors (Lipinski definition) is 6. The van der Waals surface area contributed by atoms with E-state index in [0.29, 0.717) is 5.56 Å². The molecule has 0 aliphatic carbocycles. The van der Waals surface area contributed by atoms with Crippen LogP contribution in [0, 0.1) is 10.1 Å². The predicted molar refractivity (Wildman–Crippen MR) is 83.2 cm³/mol. The van der Waals surface area contributed by atoms with Crippen LogP contribution in [-0.2, 0) is 17.9 Å². The third kappa shape index (κ3) is 3.46. The summed E-state index contributed by atoms with van der Waals surface area (Å²) < 4.78 is 6.95. The zero-order valence-electron chi connectivity index (χ0n) is 11.8. The van der Waals surface area contributed by atoms with Gasteiger partial charge in [-0.1, -0.05) is 0 Å². The second-order valence-corrected chi connectivity index (χ2v) is 5.55. The molecule has 1 amide bonds. The van der Waals surface area contributed by atoms with Crippen molar-refractivity contribution >= 4 is 27.9 Å². The van der Waals surface area contributed by atoms with Crippen LogP contribution in [0.2, 0.25) is 0 Å². The van der Waals surface area contributed by atoms with Gasteiger partial charge in [0.05, 0.1) is 17.2 Å². The molecule has 1 N–H and O–H groups in total. The van der Waals surface area contributed by atoms with Crippen LogP contribution in [0.15, 0.2) is 42.2 Å². The highest BCUT2D eigenvalue weighted by atomic mass is 32.1. The van der Waals surface area contributed by atoms with Crippen molar-refractivity contribution in [3.63, 3.8) is 0 Å². The molecule has 23 heavy (non-hydrogen) atoms. The number of imidazole rings is 1. The van der Waals surface area contributed by atoms with E-state index in [-0.39, 0.29) is 18.8 Å². The molecule has 0 saturated carbocycles. The average Bonchev–Trinajstić information content (AvgIpc) is 3.15. The standard InChI is InChI=1S/C14H12N4O4S/c19-14(15-7-12-13-17(9-16-12)5-6-23-13)22-8-10-1-3-11(4-2-10)18(20)21/h1-6,9H,7-8H2,(H,15,19). The second kappa shape index (κ2) is 6.44. The lowest BCUT2D eigenvalue weighted by molar-refractivity contribution is -0.384. The number of hydrogen-bond donors (Lipinski definition) is 1. The van der Waals surface area contributed by atoms with Gasteiger partial charge in [0, 0.05) is 23.7 Å². The molecule has 3 aromatic rings. The van der Waals surface area contributed by atoms with Gasteiger partial charge in [0.15, 0.2) is 0 Å². The van der Waals surface area contributed by atoms with E-state index in [1.807, 2.05) is 16.0 Å². The Morgan fingerprint density at radius 3 is 2.91 bits per heavy atom. The number of alkyl carbamates (subject to hydrolysis) is 1. The molecule has 0 bridgehead atoms. The first-order chi connectivity index (χ1) is 11.1. The number of nitrogens with one attached hydrogen (secondary N) is 1. The molecule has 0 radical (unpaired) electrons. The number of carbonyl (C=O) groups is 1. The molecule has 118 valence electrons. The van der Waals surface area contributed by atoms with Crippen molar-refractivity contribution in [1.29, 1.82) is 0 Å².